The molecule has 0 aromatic carbocycles. The zero-order chi connectivity index (χ0) is 114. The zero-order valence-electron chi connectivity index (χ0n) is 93.0. The minimum absolute atomic E-state index is 0.0120. The summed E-state index contributed by atoms with van der Waals surface area (Å²) in [4.78, 5) is 182. The largest absolute Gasteiger partial charge is 0.379 e. The van der Waals surface area contributed by atoms with Crippen LogP contribution in [0.4, 0.5) is 0 Å². The van der Waals surface area contributed by atoms with E-state index in [1.54, 1.807) is 140 Å². The second kappa shape index (κ2) is 71.3. The zero-order valence-corrected chi connectivity index (χ0v) is 93.0. The van der Waals surface area contributed by atoms with Gasteiger partial charge in [-0.25, -0.2) is 0 Å². The highest BCUT2D eigenvalue weighted by molar-refractivity contribution is 5.98. The van der Waals surface area contributed by atoms with Crippen LogP contribution in [0.25, 0.3) is 0 Å². The standard InChI is InChI=1S/C27H47N3O6.C21H34N4O4.C20H33N3O3.C20H30N2O2.C18H29N3O3.C5H9NO2/c1-11-27(15-34-12-21(8)28-24(31)18(2)3,16-35-13-22(9)29-25(32)19(4)5)17-36-14-23(10)30-26(33)20(6)7;1-13(2)17(26)22-9-21(10-23-18(27)14(3)4,11-24-19(28)15(5)6)12-25-20(29)16(7)8;1-15(2)18(24)21(7)11-9-13-23(20(26)17(5)6)14-10-12-22(8)19(25)16(3)4;1-11(2)19(23)21-9-13-5-6-16-17-8-14(18(13)16)7-15(17)10-22-20(24)12(3)4;1-8-18(9-19-15(22)12(2)3,10-20-16(23)13(4)5)11-21-17(24)14(6)7;1-4(2)5(8)6-3-7/h21-23H,2,4,6,11-17H2,1,3,5,7-10H3,(H,28,31)(H,29,32)(H,30,33);17,22,26H,1,3,5,7,9-12H2,2,4,6,8H3,(H,23,27)(H,24,28)(H,25,29);1,3,5,9-14H2,2,4,6-8H3;13-18H,1,3,5-10H2,2,4H3,(H,21,23)(H,22,24);2,4,6,8-11H2,1,3,5,7H3,(H,19,22)(H,20,23)(H,21,24);7H,1,3H2,2H3,(H,6,8). The fourth-order valence-corrected chi connectivity index (χ4v) is 15.2. The van der Waals surface area contributed by atoms with Crippen LogP contribution < -0.4 is 69.1 Å². The lowest BCUT2D eigenvalue weighted by atomic mass is 9.73. The molecule has 3 aliphatic carbocycles. The van der Waals surface area contributed by atoms with Crippen molar-refractivity contribution < 1.29 is 96.3 Å². The predicted octanol–water partition coefficient (Wildman–Crippen LogP) is 9.21. The maximum absolute atomic E-state index is 12.3. The summed E-state index contributed by atoms with van der Waals surface area (Å²) >= 11 is 0. The number of rotatable bonds is 61. The van der Waals surface area contributed by atoms with Gasteiger partial charge in [-0.15, -0.1) is 0 Å². The molecule has 3 aliphatic rings. The third-order valence-electron chi connectivity index (χ3n) is 24.5. The Kier molecular flexibility index (Phi) is 67.3. The van der Waals surface area contributed by atoms with Gasteiger partial charge in [0, 0.05) is 217 Å². The van der Waals surface area contributed by atoms with E-state index in [0.29, 0.717) is 212 Å². The number of aliphatic hydroxyl groups is 2. The van der Waals surface area contributed by atoms with Gasteiger partial charge >= 0.3 is 0 Å². The Hall–Kier alpha value is -12.4. The van der Waals surface area contributed by atoms with E-state index < -0.39 is 22.5 Å². The van der Waals surface area contributed by atoms with Crippen LogP contribution in [0.5, 0.6) is 0 Å². The number of hydrogen-bond donors (Lipinski definition) is 15. The van der Waals surface area contributed by atoms with Gasteiger partial charge in [0.2, 0.25) is 88.6 Å². The van der Waals surface area contributed by atoms with E-state index in [9.17, 15) is 77.0 Å². The molecular weight excluding hydrogens is 1880 g/mol. The number of ether oxygens (including phenoxy) is 3. The number of likely N-dealkylation sites (N-methyl/N-ethyl adjacent to an activating group) is 2. The van der Waals surface area contributed by atoms with Gasteiger partial charge in [0.05, 0.1) is 39.6 Å². The number of carbonyl (C=O) groups excluding carboxylic acids is 15. The minimum atomic E-state index is -0.986. The first-order chi connectivity index (χ1) is 68.1. The minimum Gasteiger partial charge on any atom is -0.379 e. The lowest BCUT2D eigenvalue weighted by Gasteiger charge is -2.36. The van der Waals surface area contributed by atoms with E-state index >= 15 is 0 Å². The SMILES string of the molecule is C=C(C)C(=O)N(C)CCCN(CCCN(C)C(=O)C(=C)C)C(=O)C(=C)C.C=C(C)C(=O)NC(C)COCC(CC)(COCC(C)NC(=O)C(=C)C)COCC(C)NC(=O)C(=C)C.C=C(C)C(=O)NCC(CC)(CNC(=O)C(=C)C)CNC(=O)C(=C)C.C=C(C)C(=O)NCC(CNC(=O)C(=C)C)(CNC(=O)C(=C)C)CNC(O)C(=C)C.C=C(C)C(=O)NCC1CC2CC1C1CCC(CNC(=O)C(=C)C)C21.C=C(C)C(=O)NCO. The first kappa shape index (κ1) is 139. The Morgan fingerprint density at radius 3 is 0.857 bits per heavy atom. The molecule has 10 unspecified atom stereocenters. The monoisotopic (exact) mass is 2060 g/mol. The summed E-state index contributed by atoms with van der Waals surface area (Å²) < 4.78 is 17.9. The van der Waals surface area contributed by atoms with Crippen LogP contribution in [0.2, 0.25) is 0 Å². The van der Waals surface area contributed by atoms with Crippen molar-refractivity contribution in [1.82, 2.24) is 83.8 Å². The number of fused-ring (bicyclic) bond motifs is 5. The highest BCUT2D eigenvalue weighted by Crippen LogP contribution is 2.62. The molecule has 2 bridgehead atoms. The number of amides is 15. The summed E-state index contributed by atoms with van der Waals surface area (Å²) in [7, 11) is 3.44. The van der Waals surface area contributed by atoms with Gasteiger partial charge in [-0.2, -0.15) is 0 Å². The molecule has 0 aromatic rings. The highest BCUT2D eigenvalue weighted by Gasteiger charge is 2.57. The van der Waals surface area contributed by atoms with Crippen molar-refractivity contribution in [3.8, 4) is 0 Å². The van der Waals surface area contributed by atoms with Crippen molar-refractivity contribution in [2.75, 3.05) is 146 Å². The molecule has 3 saturated carbocycles. The topological polar surface area (TPSA) is 490 Å². The molecule has 826 valence electrons. The Balaban J connectivity index is -0.00000174. The first-order valence-electron chi connectivity index (χ1n) is 49.6. The lowest BCUT2D eigenvalue weighted by molar-refractivity contribution is -0.128. The molecule has 0 saturated heterocycles. The molecule has 0 aliphatic heterocycles. The summed E-state index contributed by atoms with van der Waals surface area (Å²) in [5, 5.41) is 54.5. The number of aliphatic hydroxyl groups excluding tert-OH is 2. The van der Waals surface area contributed by atoms with Gasteiger partial charge in [0.1, 0.15) is 13.0 Å². The quantitative estimate of drug-likeness (QED) is 0.0153. The van der Waals surface area contributed by atoms with E-state index in [4.69, 9.17) is 19.3 Å². The molecule has 3 rings (SSSR count). The summed E-state index contributed by atoms with van der Waals surface area (Å²) in [5.74, 6) is 1.25. The van der Waals surface area contributed by atoms with Crippen LogP contribution in [-0.4, -0.2) is 283 Å². The van der Waals surface area contributed by atoms with E-state index in [-0.39, 0.29) is 140 Å². The maximum Gasteiger partial charge on any atom is 0.248 e. The first-order valence-corrected chi connectivity index (χ1v) is 49.6. The van der Waals surface area contributed by atoms with E-state index in [0.717, 1.165) is 36.8 Å². The third kappa shape index (κ3) is 56.4. The second-order valence-corrected chi connectivity index (χ2v) is 40.1. The molecule has 147 heavy (non-hydrogen) atoms. The summed E-state index contributed by atoms with van der Waals surface area (Å²) in [6, 6.07) is -0.582. The van der Waals surface area contributed by atoms with Gasteiger partial charge in [-0.05, 0) is 224 Å². The molecule has 0 spiro atoms. The van der Waals surface area contributed by atoms with Crippen LogP contribution in [-0.2, 0) is 86.1 Å². The van der Waals surface area contributed by atoms with Gasteiger partial charge < -0.3 is 103 Å². The van der Waals surface area contributed by atoms with Crippen molar-refractivity contribution >= 4 is 88.6 Å². The smallest absolute Gasteiger partial charge is 0.248 e. The molecule has 15 N–H and O–H groups in total. The average molecular weight is 2060 g/mol. The normalized spacial score (nSPS) is 15.9. The number of carbonyl (C=O) groups is 15. The molecule has 0 aromatic heterocycles. The fourth-order valence-electron chi connectivity index (χ4n) is 15.2. The lowest BCUT2D eigenvalue weighted by Crippen LogP contribution is -2.57. The summed E-state index contributed by atoms with van der Waals surface area (Å²) in [5.41, 5.74) is 5.17. The fraction of sp³-hybridized carbons (Fsp3) is 0.577. The van der Waals surface area contributed by atoms with Crippen LogP contribution >= 0.6 is 0 Å². The van der Waals surface area contributed by atoms with Gasteiger partial charge in [-0.3, -0.25) is 77.2 Å². The molecule has 0 heterocycles. The Labute approximate surface area is 877 Å². The van der Waals surface area contributed by atoms with Gasteiger partial charge in [-0.1, -0.05) is 119 Å². The van der Waals surface area contributed by atoms with Crippen molar-refractivity contribution in [2.24, 2.45) is 51.8 Å². The van der Waals surface area contributed by atoms with Crippen molar-refractivity contribution in [1.29, 1.82) is 0 Å². The van der Waals surface area contributed by atoms with Crippen LogP contribution in [0.1, 0.15) is 197 Å². The molecule has 3 fully saturated rings. The van der Waals surface area contributed by atoms with Crippen LogP contribution in [0, 0.1) is 51.8 Å². The third-order valence-corrected chi connectivity index (χ3v) is 24.5. The summed E-state index contributed by atoms with van der Waals surface area (Å²) in [6.45, 7) is 101. The van der Waals surface area contributed by atoms with Crippen LogP contribution in [0.3, 0.4) is 0 Å². The number of hydrogen-bond acceptors (Lipinski definition) is 21. The second-order valence-electron chi connectivity index (χ2n) is 40.1. The molecule has 36 heteroatoms. The molecule has 15 amide bonds. The van der Waals surface area contributed by atoms with E-state index in [1.165, 1.54) is 25.7 Å². The van der Waals surface area contributed by atoms with Crippen molar-refractivity contribution in [3.63, 3.8) is 0 Å². The molecule has 0 radical (unpaired) electrons. The number of nitrogens with zero attached hydrogens (tertiary/aromatic N) is 3. The predicted molar refractivity (Wildman–Crippen MR) is 584 cm³/mol. The maximum atomic E-state index is 12.3. The Morgan fingerprint density at radius 2 is 0.599 bits per heavy atom. The Morgan fingerprint density at radius 1 is 0.327 bits per heavy atom. The van der Waals surface area contributed by atoms with E-state index in [2.05, 4.69) is 174 Å². The molecule has 36 nitrogen and oxygen atoms in total. The molecular formula is C111H182N16O20. The average Bonchev–Trinajstić information content (AvgIpc) is 1.58. The van der Waals surface area contributed by atoms with Crippen molar-refractivity contribution in [3.05, 3.63) is 194 Å². The highest BCUT2D eigenvalue weighted by atomic mass is 16.5. The van der Waals surface area contributed by atoms with Gasteiger partial charge in [0.25, 0.3) is 0 Å². The number of nitrogens with one attached hydrogen (secondary N) is 13. The van der Waals surface area contributed by atoms with Crippen LogP contribution in [0.15, 0.2) is 194 Å². The summed E-state index contributed by atoms with van der Waals surface area (Å²) in [6.07, 6.45) is 6.73. The Bertz CT molecular complexity index is 4430. The molecule has 10 atom stereocenters. The van der Waals surface area contributed by atoms with E-state index in [1.807, 2.05) is 34.6 Å². The van der Waals surface area contributed by atoms with Gasteiger partial charge in [0.15, 0.2) is 0 Å². The van der Waals surface area contributed by atoms with Crippen molar-refractivity contribution in [2.45, 2.75) is 221 Å².